The topological polar surface area (TPSA) is 92.3 Å². The van der Waals surface area contributed by atoms with Crippen molar-refractivity contribution in [2.45, 2.75) is 6.42 Å². The van der Waals surface area contributed by atoms with Crippen molar-refractivity contribution in [3.8, 4) is 5.88 Å². The summed E-state index contributed by atoms with van der Waals surface area (Å²) in [6, 6.07) is 9.99. The number of nitrogens with two attached hydrogens (primary N) is 1. The molecule has 0 fully saturated rings. The summed E-state index contributed by atoms with van der Waals surface area (Å²) in [5.41, 5.74) is 7.57. The lowest BCUT2D eigenvalue weighted by molar-refractivity contribution is 0.0799. The van der Waals surface area contributed by atoms with Crippen LogP contribution in [0.2, 0.25) is 0 Å². The van der Waals surface area contributed by atoms with E-state index in [-0.39, 0.29) is 17.7 Å². The first kappa shape index (κ1) is 15.2. The molecule has 2 heterocycles. The number of hydrogen-bond donors (Lipinski definition) is 2. The van der Waals surface area contributed by atoms with Gasteiger partial charge >= 0.3 is 0 Å². The van der Waals surface area contributed by atoms with Crippen molar-refractivity contribution >= 4 is 33.4 Å². The molecular formula is C16H16N4O2S. The third-order valence-electron chi connectivity index (χ3n) is 3.57. The van der Waals surface area contributed by atoms with E-state index in [2.05, 4.69) is 9.97 Å². The second-order valence-electron chi connectivity index (χ2n) is 5.19. The SMILES string of the molecule is CN(CCc1ccccc1)C(=O)c1csc2c(O)nc(N)nc12. The number of rotatable bonds is 4. The van der Waals surface area contributed by atoms with Gasteiger partial charge < -0.3 is 15.7 Å². The molecule has 118 valence electrons. The quantitative estimate of drug-likeness (QED) is 0.766. The van der Waals surface area contributed by atoms with Crippen LogP contribution in [0.3, 0.4) is 0 Å². The zero-order valence-corrected chi connectivity index (χ0v) is 13.4. The predicted octanol–water partition coefficient (Wildman–Crippen LogP) is 2.29. The lowest BCUT2D eigenvalue weighted by Gasteiger charge is -2.16. The third kappa shape index (κ3) is 3.09. The first-order chi connectivity index (χ1) is 11.1. The van der Waals surface area contributed by atoms with E-state index in [0.29, 0.717) is 22.3 Å². The summed E-state index contributed by atoms with van der Waals surface area (Å²) < 4.78 is 0.471. The number of aromatic hydroxyl groups is 1. The normalized spacial score (nSPS) is 10.8. The van der Waals surface area contributed by atoms with E-state index < -0.39 is 0 Å². The number of hydrogen-bond acceptors (Lipinski definition) is 6. The molecule has 1 aromatic carbocycles. The Hall–Kier alpha value is -2.67. The van der Waals surface area contributed by atoms with Gasteiger partial charge in [0, 0.05) is 19.0 Å². The smallest absolute Gasteiger partial charge is 0.256 e. The first-order valence-electron chi connectivity index (χ1n) is 7.09. The minimum absolute atomic E-state index is 0.0469. The number of aromatic nitrogens is 2. The summed E-state index contributed by atoms with van der Waals surface area (Å²) >= 11 is 1.23. The Kier molecular flexibility index (Phi) is 4.12. The maximum atomic E-state index is 12.6. The maximum Gasteiger partial charge on any atom is 0.256 e. The van der Waals surface area contributed by atoms with Crippen LogP contribution in [-0.2, 0) is 6.42 Å². The molecule has 0 saturated carbocycles. The molecular weight excluding hydrogens is 312 g/mol. The zero-order valence-electron chi connectivity index (χ0n) is 12.6. The highest BCUT2D eigenvalue weighted by Crippen LogP contribution is 2.31. The Morgan fingerprint density at radius 3 is 2.78 bits per heavy atom. The van der Waals surface area contributed by atoms with Crippen molar-refractivity contribution in [1.29, 1.82) is 0 Å². The van der Waals surface area contributed by atoms with Gasteiger partial charge in [-0.15, -0.1) is 11.3 Å². The molecule has 0 unspecified atom stereocenters. The highest BCUT2D eigenvalue weighted by Gasteiger charge is 2.20. The van der Waals surface area contributed by atoms with Crippen molar-refractivity contribution < 1.29 is 9.90 Å². The van der Waals surface area contributed by atoms with E-state index in [0.717, 1.165) is 6.42 Å². The van der Waals surface area contributed by atoms with Gasteiger partial charge in [0.1, 0.15) is 10.2 Å². The summed E-state index contributed by atoms with van der Waals surface area (Å²) in [6.07, 6.45) is 0.771. The summed E-state index contributed by atoms with van der Waals surface area (Å²) in [4.78, 5) is 22.0. The van der Waals surface area contributed by atoms with Crippen molar-refractivity contribution in [2.75, 3.05) is 19.3 Å². The molecule has 0 bridgehead atoms. The molecule has 3 rings (SSSR count). The van der Waals surface area contributed by atoms with Crippen molar-refractivity contribution in [3.05, 3.63) is 46.8 Å². The van der Waals surface area contributed by atoms with Gasteiger partial charge in [-0.1, -0.05) is 30.3 Å². The maximum absolute atomic E-state index is 12.6. The molecule has 0 saturated heterocycles. The summed E-state index contributed by atoms with van der Waals surface area (Å²) in [7, 11) is 1.75. The number of likely N-dealkylation sites (N-methyl/N-ethyl adjacent to an activating group) is 1. The fourth-order valence-electron chi connectivity index (χ4n) is 2.32. The zero-order chi connectivity index (χ0) is 16.4. The molecule has 0 aliphatic rings. The van der Waals surface area contributed by atoms with Gasteiger partial charge in [-0.25, -0.2) is 4.98 Å². The van der Waals surface area contributed by atoms with Gasteiger partial charge in [0.2, 0.25) is 11.8 Å². The average Bonchev–Trinajstić information content (AvgIpc) is 2.97. The van der Waals surface area contributed by atoms with Gasteiger partial charge in [0.05, 0.1) is 5.56 Å². The van der Waals surface area contributed by atoms with Gasteiger partial charge in [-0.2, -0.15) is 4.98 Å². The second kappa shape index (κ2) is 6.21. The number of nitrogens with zero attached hydrogens (tertiary/aromatic N) is 3. The number of benzene rings is 1. The van der Waals surface area contributed by atoms with Gasteiger partial charge in [-0.3, -0.25) is 4.79 Å². The highest BCUT2D eigenvalue weighted by atomic mass is 32.1. The standard InChI is InChI=1S/C16H16N4O2S/c1-20(8-7-10-5-3-2-4-6-10)15(22)11-9-23-13-12(11)18-16(17)19-14(13)21/h2-6,9H,7-8H2,1H3,(H3,17,18,19,21). The van der Waals surface area contributed by atoms with Crippen LogP contribution in [0.25, 0.3) is 10.2 Å². The van der Waals surface area contributed by atoms with E-state index >= 15 is 0 Å². The van der Waals surface area contributed by atoms with Crippen LogP contribution >= 0.6 is 11.3 Å². The molecule has 6 nitrogen and oxygen atoms in total. The predicted molar refractivity (Wildman–Crippen MR) is 90.6 cm³/mol. The Bertz CT molecular complexity index is 848. The van der Waals surface area contributed by atoms with E-state index in [1.54, 1.807) is 17.3 Å². The number of fused-ring (bicyclic) bond motifs is 1. The molecule has 7 heteroatoms. The van der Waals surface area contributed by atoms with Crippen LogP contribution in [0.4, 0.5) is 5.95 Å². The molecule has 3 N–H and O–H groups in total. The lowest BCUT2D eigenvalue weighted by Crippen LogP contribution is -2.28. The summed E-state index contributed by atoms with van der Waals surface area (Å²) in [6.45, 7) is 0.590. The van der Waals surface area contributed by atoms with Crippen molar-refractivity contribution in [1.82, 2.24) is 14.9 Å². The van der Waals surface area contributed by atoms with Gasteiger partial charge in [0.25, 0.3) is 5.91 Å². The minimum atomic E-state index is -0.191. The van der Waals surface area contributed by atoms with Crippen LogP contribution in [0, 0.1) is 0 Å². The van der Waals surface area contributed by atoms with Crippen molar-refractivity contribution in [3.63, 3.8) is 0 Å². The van der Waals surface area contributed by atoms with Crippen LogP contribution < -0.4 is 5.73 Å². The van der Waals surface area contributed by atoms with Gasteiger partial charge in [0.15, 0.2) is 0 Å². The number of thiophene rings is 1. The van der Waals surface area contributed by atoms with E-state index in [1.165, 1.54) is 16.9 Å². The van der Waals surface area contributed by atoms with E-state index in [1.807, 2.05) is 30.3 Å². The fraction of sp³-hybridized carbons (Fsp3) is 0.188. The number of carbonyl (C=O) groups is 1. The summed E-state index contributed by atoms with van der Waals surface area (Å²) in [5.74, 6) is -0.387. The Morgan fingerprint density at radius 2 is 2.04 bits per heavy atom. The van der Waals surface area contributed by atoms with Gasteiger partial charge in [-0.05, 0) is 12.0 Å². The highest BCUT2D eigenvalue weighted by molar-refractivity contribution is 7.17. The van der Waals surface area contributed by atoms with Crippen molar-refractivity contribution in [2.24, 2.45) is 0 Å². The molecule has 0 aliphatic carbocycles. The monoisotopic (exact) mass is 328 g/mol. The number of anilines is 1. The second-order valence-corrected chi connectivity index (χ2v) is 6.07. The Labute approximate surface area is 137 Å². The third-order valence-corrected chi connectivity index (χ3v) is 4.54. The number of amides is 1. The Balaban J connectivity index is 1.80. The lowest BCUT2D eigenvalue weighted by atomic mass is 10.1. The van der Waals surface area contributed by atoms with Crippen LogP contribution in [-0.4, -0.2) is 39.5 Å². The number of carbonyl (C=O) groups excluding carboxylic acids is 1. The van der Waals surface area contributed by atoms with Crippen LogP contribution in [0.1, 0.15) is 15.9 Å². The summed E-state index contributed by atoms with van der Waals surface area (Å²) in [5, 5.41) is 11.5. The van der Waals surface area contributed by atoms with E-state index in [9.17, 15) is 9.90 Å². The molecule has 0 spiro atoms. The molecule has 0 atom stereocenters. The molecule has 1 amide bonds. The molecule has 23 heavy (non-hydrogen) atoms. The molecule has 0 aliphatic heterocycles. The Morgan fingerprint density at radius 1 is 1.30 bits per heavy atom. The molecule has 0 radical (unpaired) electrons. The van der Waals surface area contributed by atoms with Crippen LogP contribution in [0.5, 0.6) is 5.88 Å². The largest absolute Gasteiger partial charge is 0.492 e. The van der Waals surface area contributed by atoms with E-state index in [4.69, 9.17) is 5.73 Å². The minimum Gasteiger partial charge on any atom is -0.492 e. The molecule has 3 aromatic rings. The molecule has 2 aromatic heterocycles. The van der Waals surface area contributed by atoms with Crippen LogP contribution in [0.15, 0.2) is 35.7 Å². The average molecular weight is 328 g/mol. The fourth-order valence-corrected chi connectivity index (χ4v) is 3.19. The first-order valence-corrected chi connectivity index (χ1v) is 7.97. The number of nitrogen functional groups attached to an aromatic ring is 1.